The maximum absolute atomic E-state index is 11.8. The van der Waals surface area contributed by atoms with Gasteiger partial charge >= 0.3 is 5.97 Å². The molecule has 1 aromatic carbocycles. The zero-order chi connectivity index (χ0) is 12.5. The molecule has 0 fully saturated rings. The number of carbonyl (C=O) groups is 1. The van der Waals surface area contributed by atoms with Crippen LogP contribution in [-0.2, 0) is 16.0 Å². The second-order valence-corrected chi connectivity index (χ2v) is 5.46. The fraction of sp³-hybridized carbons (Fsp3) is 0.400. The fourth-order valence-corrected chi connectivity index (χ4v) is 1.77. The van der Waals surface area contributed by atoms with Gasteiger partial charge in [0, 0.05) is 6.42 Å². The molecule has 90 valence electrons. The Hall–Kier alpha value is -1.57. The van der Waals surface area contributed by atoms with Crippen molar-refractivity contribution in [1.82, 2.24) is 0 Å². The number of rotatable bonds is 1. The molecule has 0 N–H and O–H groups in total. The van der Waals surface area contributed by atoms with Gasteiger partial charge in [-0.15, -0.1) is 0 Å². The van der Waals surface area contributed by atoms with E-state index in [1.807, 2.05) is 45.1 Å². The van der Waals surface area contributed by atoms with Crippen molar-refractivity contribution < 1.29 is 9.53 Å². The summed E-state index contributed by atoms with van der Waals surface area (Å²) in [7, 11) is 0. The van der Waals surface area contributed by atoms with Gasteiger partial charge in [0.15, 0.2) is 0 Å². The van der Waals surface area contributed by atoms with Gasteiger partial charge in [0.1, 0.15) is 6.10 Å². The highest BCUT2D eigenvalue weighted by molar-refractivity contribution is 5.76. The van der Waals surface area contributed by atoms with E-state index in [1.54, 1.807) is 0 Å². The molecule has 1 unspecified atom stereocenters. The highest BCUT2D eigenvalue weighted by Gasteiger charge is 2.26. The van der Waals surface area contributed by atoms with Crippen molar-refractivity contribution in [3.05, 3.63) is 41.5 Å². The minimum Gasteiger partial charge on any atom is -0.457 e. The Morgan fingerprint density at radius 1 is 1.29 bits per heavy atom. The normalized spacial score (nSPS) is 18.6. The number of carbonyl (C=O) groups excluding carboxylic acids is 1. The van der Waals surface area contributed by atoms with Gasteiger partial charge in [0.2, 0.25) is 0 Å². The van der Waals surface area contributed by atoms with Gasteiger partial charge in [0.25, 0.3) is 0 Å². The van der Waals surface area contributed by atoms with Crippen molar-refractivity contribution in [1.29, 1.82) is 0 Å². The maximum atomic E-state index is 11.8. The van der Waals surface area contributed by atoms with E-state index in [0.717, 1.165) is 6.42 Å². The van der Waals surface area contributed by atoms with Gasteiger partial charge in [-0.05, 0) is 38.0 Å². The van der Waals surface area contributed by atoms with Crippen LogP contribution in [0, 0.1) is 5.41 Å². The Kier molecular flexibility index (Phi) is 3.05. The minimum absolute atomic E-state index is 0.128. The summed E-state index contributed by atoms with van der Waals surface area (Å²) in [4.78, 5) is 11.8. The van der Waals surface area contributed by atoms with Crippen molar-refractivity contribution in [2.45, 2.75) is 33.3 Å². The maximum Gasteiger partial charge on any atom is 0.311 e. The number of hydrogen-bond acceptors (Lipinski definition) is 2. The quantitative estimate of drug-likeness (QED) is 0.692. The van der Waals surface area contributed by atoms with Crippen molar-refractivity contribution in [2.24, 2.45) is 5.41 Å². The molecule has 0 saturated heterocycles. The third kappa shape index (κ3) is 2.76. The van der Waals surface area contributed by atoms with E-state index < -0.39 is 5.41 Å². The number of hydrogen-bond donors (Lipinski definition) is 0. The third-order valence-electron chi connectivity index (χ3n) is 2.84. The first-order valence-corrected chi connectivity index (χ1v) is 5.94. The van der Waals surface area contributed by atoms with Gasteiger partial charge in [-0.1, -0.05) is 30.3 Å². The van der Waals surface area contributed by atoms with Crippen LogP contribution < -0.4 is 0 Å². The molecule has 1 atom stereocenters. The molecular formula is C15H18O2. The number of esters is 1. The molecule has 1 aliphatic rings. The van der Waals surface area contributed by atoms with Crippen LogP contribution in [0.2, 0.25) is 0 Å². The molecule has 0 amide bonds. The van der Waals surface area contributed by atoms with Crippen LogP contribution in [0.15, 0.2) is 30.3 Å². The lowest BCUT2D eigenvalue weighted by molar-refractivity contribution is -0.156. The smallest absolute Gasteiger partial charge is 0.311 e. The first kappa shape index (κ1) is 11.9. The lowest BCUT2D eigenvalue weighted by atomic mass is 9.94. The van der Waals surface area contributed by atoms with Crippen LogP contribution in [-0.4, -0.2) is 12.1 Å². The van der Waals surface area contributed by atoms with Crippen LogP contribution in [0.1, 0.15) is 31.9 Å². The van der Waals surface area contributed by atoms with Crippen LogP contribution in [0.25, 0.3) is 6.08 Å². The lowest BCUT2D eigenvalue weighted by Gasteiger charge is -2.24. The standard InChI is InChI=1S/C15H18O2/c1-15(2,3)14(16)17-13-9-8-11-6-4-5-7-12(11)10-13/h4-9,13H,10H2,1-3H3. The average molecular weight is 230 g/mol. The van der Waals surface area contributed by atoms with Gasteiger partial charge in [-0.2, -0.15) is 0 Å². The molecule has 2 rings (SSSR count). The van der Waals surface area contributed by atoms with E-state index in [1.165, 1.54) is 11.1 Å². The van der Waals surface area contributed by atoms with Gasteiger partial charge in [-0.25, -0.2) is 0 Å². The average Bonchev–Trinajstić information content (AvgIpc) is 2.27. The summed E-state index contributed by atoms with van der Waals surface area (Å²) in [6.45, 7) is 5.61. The van der Waals surface area contributed by atoms with Gasteiger partial charge in [0.05, 0.1) is 5.41 Å². The Labute approximate surface area is 102 Å². The molecule has 2 heteroatoms. The Bertz CT molecular complexity index is 452. The molecule has 0 saturated carbocycles. The Balaban J connectivity index is 2.07. The number of fused-ring (bicyclic) bond motifs is 1. The first-order valence-electron chi connectivity index (χ1n) is 5.94. The predicted octanol–water partition coefficient (Wildman–Crippen LogP) is 3.21. The Morgan fingerprint density at radius 3 is 2.71 bits per heavy atom. The van der Waals surface area contributed by atoms with Crippen molar-refractivity contribution in [2.75, 3.05) is 0 Å². The minimum atomic E-state index is -0.440. The molecule has 1 aromatic rings. The molecule has 0 heterocycles. The van der Waals surface area contributed by atoms with Crippen LogP contribution in [0.3, 0.4) is 0 Å². The first-order chi connectivity index (χ1) is 7.97. The van der Waals surface area contributed by atoms with Gasteiger partial charge < -0.3 is 4.74 Å². The summed E-state index contributed by atoms with van der Waals surface area (Å²) in [6, 6.07) is 8.19. The summed E-state index contributed by atoms with van der Waals surface area (Å²) in [6.07, 6.45) is 4.64. The largest absolute Gasteiger partial charge is 0.457 e. The van der Waals surface area contributed by atoms with Crippen LogP contribution >= 0.6 is 0 Å². The highest BCUT2D eigenvalue weighted by Crippen LogP contribution is 2.23. The van der Waals surface area contributed by atoms with E-state index in [-0.39, 0.29) is 12.1 Å². The summed E-state index contributed by atoms with van der Waals surface area (Å²) in [5, 5.41) is 0. The van der Waals surface area contributed by atoms with E-state index >= 15 is 0 Å². The third-order valence-corrected chi connectivity index (χ3v) is 2.84. The lowest BCUT2D eigenvalue weighted by Crippen LogP contribution is -2.29. The van der Waals surface area contributed by atoms with E-state index in [4.69, 9.17) is 4.74 Å². The molecule has 1 aliphatic carbocycles. The molecule has 2 nitrogen and oxygen atoms in total. The SMILES string of the molecule is CC(C)(C)C(=O)OC1C=Cc2ccccc2C1. The monoisotopic (exact) mass is 230 g/mol. The van der Waals surface area contributed by atoms with Crippen LogP contribution in [0.5, 0.6) is 0 Å². The number of benzene rings is 1. The summed E-state index contributed by atoms with van der Waals surface area (Å²) in [5.74, 6) is -0.147. The van der Waals surface area contributed by atoms with Crippen molar-refractivity contribution in [3.8, 4) is 0 Å². The highest BCUT2D eigenvalue weighted by atomic mass is 16.5. The van der Waals surface area contributed by atoms with Crippen molar-refractivity contribution >= 4 is 12.0 Å². The molecule has 0 bridgehead atoms. The summed E-state index contributed by atoms with van der Waals surface area (Å²) < 4.78 is 5.49. The predicted molar refractivity (Wildman–Crippen MR) is 68.5 cm³/mol. The zero-order valence-electron chi connectivity index (χ0n) is 10.6. The fourth-order valence-electron chi connectivity index (χ4n) is 1.77. The second-order valence-electron chi connectivity index (χ2n) is 5.46. The van der Waals surface area contributed by atoms with E-state index in [9.17, 15) is 4.79 Å². The molecule has 0 radical (unpaired) electrons. The van der Waals surface area contributed by atoms with Crippen molar-refractivity contribution in [3.63, 3.8) is 0 Å². The van der Waals surface area contributed by atoms with E-state index in [2.05, 4.69) is 12.1 Å². The second kappa shape index (κ2) is 4.36. The van der Waals surface area contributed by atoms with E-state index in [0.29, 0.717) is 0 Å². The Morgan fingerprint density at radius 2 is 2.00 bits per heavy atom. The molecule has 17 heavy (non-hydrogen) atoms. The molecule has 0 aliphatic heterocycles. The van der Waals surface area contributed by atoms with Crippen LogP contribution in [0.4, 0.5) is 0 Å². The molecular weight excluding hydrogens is 212 g/mol. The molecule has 0 aromatic heterocycles. The molecule has 0 spiro atoms. The number of ether oxygens (including phenoxy) is 1. The zero-order valence-corrected chi connectivity index (χ0v) is 10.6. The topological polar surface area (TPSA) is 26.3 Å². The summed E-state index contributed by atoms with van der Waals surface area (Å²) in [5.41, 5.74) is 2.02. The summed E-state index contributed by atoms with van der Waals surface area (Å²) >= 11 is 0. The van der Waals surface area contributed by atoms with Gasteiger partial charge in [-0.3, -0.25) is 4.79 Å².